The maximum atomic E-state index is 12.9. The van der Waals surface area contributed by atoms with Crippen LogP contribution in [0.15, 0.2) is 45.9 Å². The third kappa shape index (κ3) is 3.66. The van der Waals surface area contributed by atoms with Crippen molar-refractivity contribution in [3.63, 3.8) is 0 Å². The Morgan fingerprint density at radius 2 is 1.97 bits per heavy atom. The summed E-state index contributed by atoms with van der Waals surface area (Å²) in [6.45, 7) is 12.5. The van der Waals surface area contributed by atoms with E-state index in [1.807, 2.05) is 48.8 Å². The largest absolute Gasteiger partial charge is 0.421 e. The lowest BCUT2D eigenvalue weighted by atomic mass is 10.1. The minimum atomic E-state index is -0.333. The molecule has 5 rings (SSSR count). The van der Waals surface area contributed by atoms with Gasteiger partial charge in [0.1, 0.15) is 5.69 Å². The van der Waals surface area contributed by atoms with Gasteiger partial charge in [-0.05, 0) is 57.3 Å². The van der Waals surface area contributed by atoms with Crippen LogP contribution in [0.3, 0.4) is 0 Å². The first-order valence-electron chi connectivity index (χ1n) is 11.3. The maximum absolute atomic E-state index is 12.9. The number of hydrogen-bond donors (Lipinski definition) is 0. The summed E-state index contributed by atoms with van der Waals surface area (Å²) < 4.78 is 7.64. The topological polar surface area (TPSA) is 66.9 Å². The fraction of sp³-hybridized carbons (Fsp3) is 0.400. The van der Waals surface area contributed by atoms with Crippen LogP contribution < -0.4 is 10.5 Å². The van der Waals surface area contributed by atoms with Crippen molar-refractivity contribution >= 4 is 22.1 Å². The van der Waals surface area contributed by atoms with Gasteiger partial charge in [0, 0.05) is 43.8 Å². The Morgan fingerprint density at radius 3 is 2.75 bits per heavy atom. The third-order valence-corrected chi connectivity index (χ3v) is 6.37. The lowest BCUT2D eigenvalue weighted by Gasteiger charge is -2.41. The van der Waals surface area contributed by atoms with E-state index < -0.39 is 0 Å². The van der Waals surface area contributed by atoms with Crippen LogP contribution in [0, 0.1) is 13.8 Å². The number of fused-ring (bicyclic) bond motifs is 2. The van der Waals surface area contributed by atoms with Crippen molar-refractivity contribution < 1.29 is 4.42 Å². The van der Waals surface area contributed by atoms with E-state index in [0.717, 1.165) is 54.3 Å². The van der Waals surface area contributed by atoms with Crippen LogP contribution >= 0.6 is 0 Å². The molecule has 1 atom stereocenters. The van der Waals surface area contributed by atoms with E-state index in [4.69, 9.17) is 4.42 Å². The molecule has 32 heavy (non-hydrogen) atoms. The molecule has 3 aromatic heterocycles. The van der Waals surface area contributed by atoms with E-state index in [9.17, 15) is 4.79 Å². The molecule has 1 aliphatic rings. The molecule has 0 aliphatic carbocycles. The van der Waals surface area contributed by atoms with Gasteiger partial charge in [0.15, 0.2) is 11.4 Å². The first kappa shape index (κ1) is 20.7. The second-order valence-electron chi connectivity index (χ2n) is 8.83. The summed E-state index contributed by atoms with van der Waals surface area (Å²) in [5, 5.41) is 1.47. The van der Waals surface area contributed by atoms with Gasteiger partial charge in [-0.3, -0.25) is 9.88 Å². The van der Waals surface area contributed by atoms with Crippen LogP contribution in [0.25, 0.3) is 27.9 Å². The van der Waals surface area contributed by atoms with Gasteiger partial charge in [-0.2, -0.15) is 0 Å². The van der Waals surface area contributed by atoms with Crippen molar-refractivity contribution in [1.29, 1.82) is 0 Å². The molecule has 7 heteroatoms. The second-order valence-corrected chi connectivity index (χ2v) is 8.83. The van der Waals surface area contributed by atoms with E-state index in [0.29, 0.717) is 22.9 Å². The third-order valence-electron chi connectivity index (χ3n) is 6.37. The average molecular weight is 432 g/mol. The number of hydrogen-bond acceptors (Lipinski definition) is 6. The molecule has 1 aliphatic heterocycles. The van der Waals surface area contributed by atoms with Crippen LogP contribution in [-0.2, 0) is 0 Å². The van der Waals surface area contributed by atoms with E-state index in [-0.39, 0.29) is 5.63 Å². The van der Waals surface area contributed by atoms with Crippen molar-refractivity contribution in [2.24, 2.45) is 0 Å². The minimum Gasteiger partial charge on any atom is -0.421 e. The number of aromatic nitrogens is 3. The molecule has 166 valence electrons. The van der Waals surface area contributed by atoms with Crippen molar-refractivity contribution in [2.75, 3.05) is 31.1 Å². The highest BCUT2D eigenvalue weighted by Crippen LogP contribution is 2.27. The molecular formula is C25H29N5O2. The summed E-state index contributed by atoms with van der Waals surface area (Å²) in [7, 11) is 0. The van der Waals surface area contributed by atoms with Crippen LogP contribution in [-0.4, -0.2) is 51.5 Å². The molecule has 1 saturated heterocycles. The smallest absolute Gasteiger partial charge is 0.344 e. The molecule has 4 aromatic rings. The molecule has 0 radical (unpaired) electrons. The Labute approximate surface area is 187 Å². The summed E-state index contributed by atoms with van der Waals surface area (Å²) in [4.78, 5) is 26.9. The van der Waals surface area contributed by atoms with Crippen molar-refractivity contribution in [2.45, 2.75) is 40.2 Å². The predicted molar refractivity (Wildman–Crippen MR) is 127 cm³/mol. The number of anilines is 1. The van der Waals surface area contributed by atoms with E-state index >= 15 is 0 Å². The van der Waals surface area contributed by atoms with Crippen molar-refractivity contribution in [1.82, 2.24) is 19.3 Å². The van der Waals surface area contributed by atoms with Gasteiger partial charge in [-0.1, -0.05) is 13.0 Å². The van der Waals surface area contributed by atoms with Crippen LogP contribution in [0.5, 0.6) is 0 Å². The number of piperazine rings is 1. The Hall–Kier alpha value is -3.19. The summed E-state index contributed by atoms with van der Waals surface area (Å²) in [6, 6.07) is 8.49. The van der Waals surface area contributed by atoms with Gasteiger partial charge in [0.2, 0.25) is 0 Å². The zero-order valence-electron chi connectivity index (χ0n) is 19.1. The molecule has 0 amide bonds. The number of nitrogens with zero attached hydrogens (tertiary/aromatic N) is 5. The molecular weight excluding hydrogens is 402 g/mol. The van der Waals surface area contributed by atoms with Gasteiger partial charge >= 0.3 is 5.63 Å². The standard InChI is InChI=1S/C25H29N5O2/c1-5-8-28-9-10-29(14-17(28)3)20-7-6-19-11-23(32-25(31)21(19)12-20)22-15-30-13-16(2)26-18(4)24(30)27-22/h6-7,11-13,15,17H,5,8-10,14H2,1-4H3/t17-/m1/s1. The fourth-order valence-electron chi connectivity index (χ4n) is 4.77. The minimum absolute atomic E-state index is 0.333. The monoisotopic (exact) mass is 431 g/mol. The molecule has 0 saturated carbocycles. The molecule has 0 N–H and O–H groups in total. The van der Waals surface area contributed by atoms with Gasteiger partial charge in [0.25, 0.3) is 0 Å². The van der Waals surface area contributed by atoms with Crippen LogP contribution in [0.2, 0.25) is 0 Å². The number of imidazole rings is 1. The molecule has 4 heterocycles. The van der Waals surface area contributed by atoms with Crippen molar-refractivity contribution in [3.05, 3.63) is 58.5 Å². The highest BCUT2D eigenvalue weighted by atomic mass is 16.4. The lowest BCUT2D eigenvalue weighted by Crippen LogP contribution is -2.52. The zero-order valence-corrected chi connectivity index (χ0v) is 19.1. The van der Waals surface area contributed by atoms with Gasteiger partial charge in [0.05, 0.1) is 16.8 Å². The molecule has 0 unspecified atom stereocenters. The maximum Gasteiger partial charge on any atom is 0.344 e. The number of rotatable bonds is 4. The highest BCUT2D eigenvalue weighted by Gasteiger charge is 2.23. The first-order valence-corrected chi connectivity index (χ1v) is 11.3. The predicted octanol–water partition coefficient (Wildman–Crippen LogP) is 4.04. The Kier molecular flexibility index (Phi) is 5.21. The Bertz CT molecular complexity index is 1360. The van der Waals surface area contributed by atoms with Gasteiger partial charge < -0.3 is 13.7 Å². The van der Waals surface area contributed by atoms with E-state index in [1.165, 1.54) is 6.42 Å². The molecule has 0 spiro atoms. The summed E-state index contributed by atoms with van der Waals surface area (Å²) in [5.41, 5.74) is 3.89. The van der Waals surface area contributed by atoms with E-state index in [2.05, 4.69) is 39.7 Å². The normalized spacial score (nSPS) is 17.5. The SMILES string of the molecule is CCCN1CCN(c2ccc3cc(-c4cn5cc(C)nc(C)c5n4)oc(=O)c3c2)C[C@H]1C. The van der Waals surface area contributed by atoms with Crippen molar-refractivity contribution in [3.8, 4) is 11.5 Å². The molecule has 1 fully saturated rings. The highest BCUT2D eigenvalue weighted by molar-refractivity contribution is 5.87. The quantitative estimate of drug-likeness (QED) is 0.486. The number of benzene rings is 1. The Morgan fingerprint density at radius 1 is 1.12 bits per heavy atom. The summed E-state index contributed by atoms with van der Waals surface area (Å²) >= 11 is 0. The molecule has 1 aromatic carbocycles. The average Bonchev–Trinajstić information content (AvgIpc) is 3.19. The zero-order chi connectivity index (χ0) is 22.4. The van der Waals surface area contributed by atoms with Gasteiger partial charge in [-0.25, -0.2) is 9.78 Å². The lowest BCUT2D eigenvalue weighted by molar-refractivity contribution is 0.190. The summed E-state index contributed by atoms with van der Waals surface area (Å²) in [6.07, 6.45) is 4.98. The number of aryl methyl sites for hydroxylation is 2. The summed E-state index contributed by atoms with van der Waals surface area (Å²) in [5.74, 6) is 0.470. The Balaban J connectivity index is 1.48. The van der Waals surface area contributed by atoms with Crippen LogP contribution in [0.1, 0.15) is 31.7 Å². The van der Waals surface area contributed by atoms with Gasteiger partial charge in [-0.15, -0.1) is 0 Å². The molecule has 0 bridgehead atoms. The van der Waals surface area contributed by atoms with E-state index in [1.54, 1.807) is 0 Å². The second kappa shape index (κ2) is 8.06. The molecule has 7 nitrogen and oxygen atoms in total. The van der Waals surface area contributed by atoms with Crippen LogP contribution in [0.4, 0.5) is 5.69 Å². The fourth-order valence-corrected chi connectivity index (χ4v) is 4.77. The first-order chi connectivity index (χ1) is 15.4.